The van der Waals surface area contributed by atoms with Gasteiger partial charge in [-0.2, -0.15) is 0 Å². The number of carbonyl (C=O) groups excluding carboxylic acids is 1. The molecule has 5 nitrogen and oxygen atoms in total. The second-order valence-corrected chi connectivity index (χ2v) is 5.00. The molecule has 1 aromatic carbocycles. The minimum Gasteiger partial charge on any atom is -0.347 e. The molecule has 1 aliphatic rings. The third-order valence-corrected chi connectivity index (χ3v) is 3.54. The Balaban J connectivity index is 1.77. The average Bonchev–Trinajstić information content (AvgIpc) is 2.99. The fourth-order valence-corrected chi connectivity index (χ4v) is 2.49. The second kappa shape index (κ2) is 5.88. The zero-order chi connectivity index (χ0) is 13.8. The van der Waals surface area contributed by atoms with Crippen molar-refractivity contribution < 1.29 is 4.79 Å². The summed E-state index contributed by atoms with van der Waals surface area (Å²) in [5.74, 6) is -0.0694. The lowest BCUT2D eigenvalue weighted by Gasteiger charge is -2.23. The smallest absolute Gasteiger partial charge is 0.270 e. The monoisotopic (exact) mass is 270 g/mol. The maximum Gasteiger partial charge on any atom is 0.270 e. The Hall–Kier alpha value is -2.14. The summed E-state index contributed by atoms with van der Waals surface area (Å²) in [5, 5.41) is 6.36. The topological polar surface area (TPSA) is 59.0 Å². The zero-order valence-electron chi connectivity index (χ0n) is 11.2. The maximum absolute atomic E-state index is 12.4. The average molecular weight is 270 g/mol. The molecule has 1 aliphatic heterocycles. The summed E-state index contributed by atoms with van der Waals surface area (Å²) >= 11 is 0. The number of imidazole rings is 1. The largest absolute Gasteiger partial charge is 0.347 e. The van der Waals surface area contributed by atoms with E-state index in [1.165, 1.54) is 0 Å². The molecule has 20 heavy (non-hydrogen) atoms. The first-order valence-corrected chi connectivity index (χ1v) is 6.94. The van der Waals surface area contributed by atoms with Gasteiger partial charge in [0.1, 0.15) is 5.69 Å². The van der Waals surface area contributed by atoms with Gasteiger partial charge in [0.05, 0.1) is 12.5 Å². The van der Waals surface area contributed by atoms with Crippen LogP contribution in [0.4, 0.5) is 0 Å². The van der Waals surface area contributed by atoms with Gasteiger partial charge in [-0.15, -0.1) is 0 Å². The van der Waals surface area contributed by atoms with Gasteiger partial charge in [-0.1, -0.05) is 18.2 Å². The molecule has 2 aromatic rings. The predicted molar refractivity (Wildman–Crippen MR) is 76.9 cm³/mol. The maximum atomic E-state index is 12.4. The highest BCUT2D eigenvalue weighted by molar-refractivity contribution is 5.93. The number of benzene rings is 1. The van der Waals surface area contributed by atoms with E-state index in [0.717, 1.165) is 31.6 Å². The standard InChI is InChI=1S/C15H18N4O/c20-15(18-12-5-4-8-16-9-12)14-10-17-11-19(14)13-6-2-1-3-7-13/h1-3,6-7,10-12,16H,4-5,8-9H2,(H,18,20)/t12-/m0/s1. The molecule has 0 spiro atoms. The molecule has 3 rings (SSSR count). The summed E-state index contributed by atoms with van der Waals surface area (Å²) in [5.41, 5.74) is 1.51. The third kappa shape index (κ3) is 2.72. The van der Waals surface area contributed by atoms with Crippen LogP contribution >= 0.6 is 0 Å². The van der Waals surface area contributed by atoms with Crippen LogP contribution in [0.5, 0.6) is 0 Å². The number of nitrogens with zero attached hydrogens (tertiary/aromatic N) is 2. The number of carbonyl (C=O) groups is 1. The number of piperidine rings is 1. The third-order valence-electron chi connectivity index (χ3n) is 3.54. The van der Waals surface area contributed by atoms with Gasteiger partial charge in [0, 0.05) is 18.3 Å². The predicted octanol–water partition coefficient (Wildman–Crippen LogP) is 1.35. The molecular weight excluding hydrogens is 252 g/mol. The van der Waals surface area contributed by atoms with Crippen LogP contribution in [-0.4, -0.2) is 34.6 Å². The fourth-order valence-electron chi connectivity index (χ4n) is 2.49. The van der Waals surface area contributed by atoms with E-state index in [1.807, 2.05) is 34.9 Å². The van der Waals surface area contributed by atoms with Gasteiger partial charge in [0.2, 0.25) is 0 Å². The van der Waals surface area contributed by atoms with Gasteiger partial charge in [-0.05, 0) is 31.5 Å². The number of nitrogens with one attached hydrogen (secondary N) is 2. The SMILES string of the molecule is O=C(N[C@H]1CCCNC1)c1cncn1-c1ccccc1. The summed E-state index contributed by atoms with van der Waals surface area (Å²) in [4.78, 5) is 16.5. The molecule has 0 radical (unpaired) electrons. The molecular formula is C15H18N4O. The molecule has 104 valence electrons. The van der Waals surface area contributed by atoms with Crippen molar-refractivity contribution in [1.29, 1.82) is 0 Å². The number of para-hydroxylation sites is 1. The minimum atomic E-state index is -0.0694. The zero-order valence-corrected chi connectivity index (χ0v) is 11.2. The van der Waals surface area contributed by atoms with Gasteiger partial charge < -0.3 is 10.6 Å². The summed E-state index contributed by atoms with van der Waals surface area (Å²) in [6.07, 6.45) is 5.41. The molecule has 2 N–H and O–H groups in total. The Morgan fingerprint density at radius 2 is 2.20 bits per heavy atom. The van der Waals surface area contributed by atoms with E-state index in [1.54, 1.807) is 12.5 Å². The van der Waals surface area contributed by atoms with Gasteiger partial charge in [0.25, 0.3) is 5.91 Å². The number of rotatable bonds is 3. The Morgan fingerprint density at radius 1 is 1.35 bits per heavy atom. The normalized spacial score (nSPS) is 18.7. The van der Waals surface area contributed by atoms with Crippen molar-refractivity contribution in [3.8, 4) is 5.69 Å². The van der Waals surface area contributed by atoms with Gasteiger partial charge in [0.15, 0.2) is 0 Å². The lowest BCUT2D eigenvalue weighted by atomic mass is 10.1. The summed E-state index contributed by atoms with van der Waals surface area (Å²) in [7, 11) is 0. The van der Waals surface area contributed by atoms with E-state index in [2.05, 4.69) is 15.6 Å². The molecule has 1 fully saturated rings. The number of hydrogen-bond donors (Lipinski definition) is 2. The van der Waals surface area contributed by atoms with Crippen molar-refractivity contribution in [3.63, 3.8) is 0 Å². The molecule has 1 atom stereocenters. The lowest BCUT2D eigenvalue weighted by molar-refractivity contribution is 0.0924. The van der Waals surface area contributed by atoms with Crippen molar-refractivity contribution in [2.24, 2.45) is 0 Å². The van der Waals surface area contributed by atoms with Crippen LogP contribution in [0, 0.1) is 0 Å². The van der Waals surface area contributed by atoms with Crippen LogP contribution in [0.25, 0.3) is 5.69 Å². The van der Waals surface area contributed by atoms with Crippen molar-refractivity contribution in [2.45, 2.75) is 18.9 Å². The highest BCUT2D eigenvalue weighted by Crippen LogP contribution is 2.11. The molecule has 2 heterocycles. The van der Waals surface area contributed by atoms with Crippen molar-refractivity contribution >= 4 is 5.91 Å². The minimum absolute atomic E-state index is 0.0694. The number of amides is 1. The van der Waals surface area contributed by atoms with Crippen LogP contribution < -0.4 is 10.6 Å². The highest BCUT2D eigenvalue weighted by atomic mass is 16.2. The van der Waals surface area contributed by atoms with Crippen LogP contribution in [0.3, 0.4) is 0 Å². The van der Waals surface area contributed by atoms with Gasteiger partial charge in [-0.25, -0.2) is 4.98 Å². The molecule has 1 aromatic heterocycles. The summed E-state index contributed by atoms with van der Waals surface area (Å²) in [6, 6.07) is 9.97. The molecule has 0 bridgehead atoms. The van der Waals surface area contributed by atoms with Gasteiger partial charge >= 0.3 is 0 Å². The molecule has 0 aliphatic carbocycles. The summed E-state index contributed by atoms with van der Waals surface area (Å²) < 4.78 is 1.81. The van der Waals surface area contributed by atoms with Crippen LogP contribution in [0.1, 0.15) is 23.3 Å². The number of hydrogen-bond acceptors (Lipinski definition) is 3. The molecule has 1 amide bonds. The fraction of sp³-hybridized carbons (Fsp3) is 0.333. The van der Waals surface area contributed by atoms with E-state index in [-0.39, 0.29) is 11.9 Å². The van der Waals surface area contributed by atoms with Crippen molar-refractivity contribution in [1.82, 2.24) is 20.2 Å². The first kappa shape index (κ1) is 12.9. The molecule has 0 saturated carbocycles. The van der Waals surface area contributed by atoms with E-state index in [4.69, 9.17) is 0 Å². The molecule has 1 saturated heterocycles. The Kier molecular flexibility index (Phi) is 3.78. The Labute approximate surface area is 118 Å². The van der Waals surface area contributed by atoms with Crippen LogP contribution in [-0.2, 0) is 0 Å². The van der Waals surface area contributed by atoms with E-state index < -0.39 is 0 Å². The second-order valence-electron chi connectivity index (χ2n) is 5.00. The molecule has 5 heteroatoms. The first-order valence-electron chi connectivity index (χ1n) is 6.94. The van der Waals surface area contributed by atoms with Crippen LogP contribution in [0.15, 0.2) is 42.9 Å². The first-order chi connectivity index (χ1) is 9.84. The van der Waals surface area contributed by atoms with E-state index in [0.29, 0.717) is 5.69 Å². The van der Waals surface area contributed by atoms with Crippen molar-refractivity contribution in [2.75, 3.05) is 13.1 Å². The lowest BCUT2D eigenvalue weighted by Crippen LogP contribution is -2.45. The summed E-state index contributed by atoms with van der Waals surface area (Å²) in [6.45, 7) is 1.87. The molecule has 0 unspecified atom stereocenters. The Morgan fingerprint density at radius 3 is 2.95 bits per heavy atom. The number of aromatic nitrogens is 2. The van der Waals surface area contributed by atoms with Gasteiger partial charge in [-0.3, -0.25) is 9.36 Å². The van der Waals surface area contributed by atoms with Crippen molar-refractivity contribution in [3.05, 3.63) is 48.5 Å². The van der Waals surface area contributed by atoms with E-state index >= 15 is 0 Å². The van der Waals surface area contributed by atoms with E-state index in [9.17, 15) is 4.79 Å². The quantitative estimate of drug-likeness (QED) is 0.885. The highest BCUT2D eigenvalue weighted by Gasteiger charge is 2.19. The Bertz CT molecular complexity index is 573. The van der Waals surface area contributed by atoms with Crippen LogP contribution in [0.2, 0.25) is 0 Å².